The van der Waals surface area contributed by atoms with Crippen LogP contribution in [0.5, 0.6) is 0 Å². The Labute approximate surface area is 120 Å². The van der Waals surface area contributed by atoms with Gasteiger partial charge < -0.3 is 9.52 Å². The molecule has 0 amide bonds. The van der Waals surface area contributed by atoms with Gasteiger partial charge >= 0.3 is 5.97 Å². The van der Waals surface area contributed by atoms with E-state index in [9.17, 15) is 4.79 Å². The standard InChI is InChI=1S/C13H15N3O3S/c1-8-2-5-10(19-8)6-16-12(9-3-4-9)14-15-13(16)20-7-11(17)18/h2,5,9H,3-4,6-7H2,1H3,(H,17,18). The van der Waals surface area contributed by atoms with Gasteiger partial charge in [-0.3, -0.25) is 9.36 Å². The maximum Gasteiger partial charge on any atom is 0.313 e. The number of nitrogens with zero attached hydrogens (tertiary/aromatic N) is 3. The maximum absolute atomic E-state index is 10.7. The van der Waals surface area contributed by atoms with Crippen molar-refractivity contribution in [2.45, 2.75) is 37.4 Å². The Bertz CT molecular complexity index is 631. The van der Waals surface area contributed by atoms with Crippen molar-refractivity contribution in [2.24, 2.45) is 0 Å². The minimum atomic E-state index is -0.855. The number of hydrogen-bond acceptors (Lipinski definition) is 5. The molecule has 0 unspecified atom stereocenters. The van der Waals surface area contributed by atoms with Crippen LogP contribution in [-0.2, 0) is 11.3 Å². The van der Waals surface area contributed by atoms with Crippen molar-refractivity contribution in [3.63, 3.8) is 0 Å². The molecule has 106 valence electrons. The summed E-state index contributed by atoms with van der Waals surface area (Å²) in [5, 5.41) is 17.8. The fourth-order valence-electron chi connectivity index (χ4n) is 2.05. The van der Waals surface area contributed by atoms with Crippen LogP contribution in [0.15, 0.2) is 21.7 Å². The number of rotatable bonds is 6. The number of carboxylic acids is 1. The zero-order valence-corrected chi connectivity index (χ0v) is 11.9. The van der Waals surface area contributed by atoms with E-state index in [1.165, 1.54) is 11.8 Å². The van der Waals surface area contributed by atoms with E-state index < -0.39 is 5.97 Å². The zero-order valence-electron chi connectivity index (χ0n) is 11.1. The molecule has 1 N–H and O–H groups in total. The van der Waals surface area contributed by atoms with Crippen LogP contribution in [0.4, 0.5) is 0 Å². The summed E-state index contributed by atoms with van der Waals surface area (Å²) in [5.41, 5.74) is 0. The van der Waals surface area contributed by atoms with Gasteiger partial charge in [-0.1, -0.05) is 11.8 Å². The minimum absolute atomic E-state index is 0.0139. The fraction of sp³-hybridized carbons (Fsp3) is 0.462. The molecule has 6 nitrogen and oxygen atoms in total. The average molecular weight is 293 g/mol. The molecule has 0 saturated heterocycles. The number of furan rings is 1. The lowest BCUT2D eigenvalue weighted by Crippen LogP contribution is -2.07. The van der Waals surface area contributed by atoms with Crippen molar-refractivity contribution in [3.05, 3.63) is 29.5 Å². The van der Waals surface area contributed by atoms with Crippen LogP contribution in [0, 0.1) is 6.92 Å². The molecular formula is C13H15N3O3S. The summed E-state index contributed by atoms with van der Waals surface area (Å²) in [7, 11) is 0. The SMILES string of the molecule is Cc1ccc(Cn2c(SCC(=O)O)nnc2C2CC2)o1. The molecule has 0 atom stereocenters. The first kappa shape index (κ1) is 13.2. The summed E-state index contributed by atoms with van der Waals surface area (Å²) in [6.45, 7) is 2.45. The van der Waals surface area contributed by atoms with Gasteiger partial charge in [0, 0.05) is 5.92 Å². The quantitative estimate of drug-likeness (QED) is 0.823. The summed E-state index contributed by atoms with van der Waals surface area (Å²) in [6.07, 6.45) is 2.25. The van der Waals surface area contributed by atoms with Gasteiger partial charge in [-0.05, 0) is 31.9 Å². The summed E-state index contributed by atoms with van der Waals surface area (Å²) in [5.74, 6) is 2.22. The Hall–Kier alpha value is -1.76. The largest absolute Gasteiger partial charge is 0.481 e. The molecule has 1 saturated carbocycles. The lowest BCUT2D eigenvalue weighted by Gasteiger charge is -2.07. The van der Waals surface area contributed by atoms with Gasteiger partial charge in [0.1, 0.15) is 17.3 Å². The van der Waals surface area contributed by atoms with Gasteiger partial charge in [-0.2, -0.15) is 0 Å². The molecule has 0 radical (unpaired) electrons. The topological polar surface area (TPSA) is 81.2 Å². The summed E-state index contributed by atoms with van der Waals surface area (Å²) in [4.78, 5) is 10.7. The fourth-order valence-corrected chi connectivity index (χ4v) is 2.72. The number of thioether (sulfide) groups is 1. The third-order valence-electron chi connectivity index (χ3n) is 3.12. The van der Waals surface area contributed by atoms with Gasteiger partial charge in [0.25, 0.3) is 0 Å². The van der Waals surface area contributed by atoms with E-state index in [1.807, 2.05) is 23.6 Å². The number of aryl methyl sites for hydroxylation is 1. The normalized spacial score (nSPS) is 14.7. The van der Waals surface area contributed by atoms with Crippen LogP contribution >= 0.6 is 11.8 Å². The van der Waals surface area contributed by atoms with Gasteiger partial charge in [0.2, 0.25) is 0 Å². The average Bonchev–Trinajstić information content (AvgIpc) is 3.05. The Balaban J connectivity index is 1.84. The molecule has 1 fully saturated rings. The zero-order chi connectivity index (χ0) is 14.1. The molecule has 2 aromatic heterocycles. The van der Waals surface area contributed by atoms with Gasteiger partial charge in [0.15, 0.2) is 5.16 Å². The van der Waals surface area contributed by atoms with Crippen molar-refractivity contribution in [1.82, 2.24) is 14.8 Å². The molecule has 0 spiro atoms. The molecular weight excluding hydrogens is 278 g/mol. The van der Waals surface area contributed by atoms with E-state index in [2.05, 4.69) is 10.2 Å². The third-order valence-corrected chi connectivity index (χ3v) is 4.07. The second-order valence-electron chi connectivity index (χ2n) is 4.90. The van der Waals surface area contributed by atoms with E-state index in [0.29, 0.717) is 17.6 Å². The van der Waals surface area contributed by atoms with E-state index >= 15 is 0 Å². The molecule has 0 aliphatic heterocycles. The smallest absolute Gasteiger partial charge is 0.313 e. The Kier molecular flexibility index (Phi) is 3.52. The van der Waals surface area contributed by atoms with Crippen molar-refractivity contribution in [1.29, 1.82) is 0 Å². The van der Waals surface area contributed by atoms with Crippen LogP contribution in [0.25, 0.3) is 0 Å². The van der Waals surface area contributed by atoms with Gasteiger partial charge in [0.05, 0.1) is 12.3 Å². The summed E-state index contributed by atoms with van der Waals surface area (Å²) >= 11 is 1.20. The number of carboxylic acid groups (broad SMARTS) is 1. The van der Waals surface area contributed by atoms with Crippen LogP contribution in [-0.4, -0.2) is 31.6 Å². The molecule has 1 aliphatic rings. The van der Waals surface area contributed by atoms with Gasteiger partial charge in [-0.15, -0.1) is 10.2 Å². The Morgan fingerprint density at radius 3 is 2.90 bits per heavy atom. The first-order chi connectivity index (χ1) is 9.63. The number of carbonyl (C=O) groups is 1. The molecule has 1 aliphatic carbocycles. The van der Waals surface area contributed by atoms with Crippen LogP contribution in [0.3, 0.4) is 0 Å². The maximum atomic E-state index is 10.7. The van der Waals surface area contributed by atoms with Crippen LogP contribution in [0.1, 0.15) is 36.1 Å². The van der Waals surface area contributed by atoms with Crippen LogP contribution < -0.4 is 0 Å². The highest BCUT2D eigenvalue weighted by Gasteiger charge is 2.30. The van der Waals surface area contributed by atoms with Crippen molar-refractivity contribution in [2.75, 3.05) is 5.75 Å². The second-order valence-corrected chi connectivity index (χ2v) is 5.84. The van der Waals surface area contributed by atoms with E-state index in [-0.39, 0.29) is 5.75 Å². The van der Waals surface area contributed by atoms with Crippen molar-refractivity contribution >= 4 is 17.7 Å². The molecule has 7 heteroatoms. The monoisotopic (exact) mass is 293 g/mol. The highest BCUT2D eigenvalue weighted by molar-refractivity contribution is 7.99. The predicted octanol–water partition coefficient (Wildman–Crippen LogP) is 2.28. The third kappa shape index (κ3) is 2.87. The van der Waals surface area contributed by atoms with Crippen LogP contribution in [0.2, 0.25) is 0 Å². The predicted molar refractivity (Wildman–Crippen MR) is 72.9 cm³/mol. The molecule has 20 heavy (non-hydrogen) atoms. The first-order valence-corrected chi connectivity index (χ1v) is 7.45. The van der Waals surface area contributed by atoms with Crippen molar-refractivity contribution < 1.29 is 14.3 Å². The lowest BCUT2D eigenvalue weighted by molar-refractivity contribution is -0.133. The highest BCUT2D eigenvalue weighted by atomic mass is 32.2. The summed E-state index contributed by atoms with van der Waals surface area (Å²) in [6, 6.07) is 3.85. The molecule has 2 aromatic rings. The highest BCUT2D eigenvalue weighted by Crippen LogP contribution is 2.40. The minimum Gasteiger partial charge on any atom is -0.481 e. The number of hydrogen-bond donors (Lipinski definition) is 1. The molecule has 0 aromatic carbocycles. The van der Waals surface area contributed by atoms with Gasteiger partial charge in [-0.25, -0.2) is 0 Å². The van der Waals surface area contributed by atoms with E-state index in [1.54, 1.807) is 0 Å². The Morgan fingerprint density at radius 1 is 1.50 bits per heavy atom. The first-order valence-electron chi connectivity index (χ1n) is 6.46. The van der Waals surface area contributed by atoms with E-state index in [4.69, 9.17) is 9.52 Å². The summed E-state index contributed by atoms with van der Waals surface area (Å²) < 4.78 is 7.57. The molecule has 3 rings (SSSR count). The number of aromatic nitrogens is 3. The van der Waals surface area contributed by atoms with Crippen molar-refractivity contribution in [3.8, 4) is 0 Å². The molecule has 2 heterocycles. The second kappa shape index (κ2) is 5.32. The lowest BCUT2D eigenvalue weighted by atomic mass is 10.3. The van der Waals surface area contributed by atoms with E-state index in [0.717, 1.165) is 30.2 Å². The Morgan fingerprint density at radius 2 is 2.30 bits per heavy atom. The molecule has 0 bridgehead atoms. The number of aliphatic carboxylic acids is 1.